The third kappa shape index (κ3) is 3.72. The van der Waals surface area contributed by atoms with Crippen molar-refractivity contribution in [3.8, 4) is 0 Å². The van der Waals surface area contributed by atoms with E-state index in [1.165, 1.54) is 19.3 Å². The van der Waals surface area contributed by atoms with E-state index in [4.69, 9.17) is 29.0 Å². The SMILES string of the molecule is CN(C)C1(C(Cc2cc(Cl)ccc2Cl)NN)CCCCC1. The molecule has 1 atom stereocenters. The number of hydrogen-bond donors (Lipinski definition) is 2. The molecule has 1 aromatic carbocycles. The fraction of sp³-hybridized carbons (Fsp3) is 0.625. The van der Waals surface area contributed by atoms with Crippen LogP contribution in [-0.2, 0) is 6.42 Å². The van der Waals surface area contributed by atoms with Crippen molar-refractivity contribution < 1.29 is 0 Å². The van der Waals surface area contributed by atoms with Crippen molar-refractivity contribution in [2.45, 2.75) is 50.1 Å². The van der Waals surface area contributed by atoms with Gasteiger partial charge in [0.15, 0.2) is 0 Å². The molecular formula is C16H25Cl2N3. The lowest BCUT2D eigenvalue weighted by atomic mass is 9.73. The highest BCUT2D eigenvalue weighted by Gasteiger charge is 2.41. The predicted molar refractivity (Wildman–Crippen MR) is 90.8 cm³/mol. The average molecular weight is 330 g/mol. The van der Waals surface area contributed by atoms with Crippen molar-refractivity contribution in [1.29, 1.82) is 0 Å². The summed E-state index contributed by atoms with van der Waals surface area (Å²) in [5, 5.41) is 1.47. The number of likely N-dealkylation sites (N-methyl/N-ethyl adjacent to an activating group) is 1. The summed E-state index contributed by atoms with van der Waals surface area (Å²) in [7, 11) is 4.30. The van der Waals surface area contributed by atoms with Crippen LogP contribution in [-0.4, -0.2) is 30.6 Å². The summed E-state index contributed by atoms with van der Waals surface area (Å²) in [5.74, 6) is 5.91. The predicted octanol–water partition coefficient (Wildman–Crippen LogP) is 3.63. The number of nitrogens with two attached hydrogens (primary N) is 1. The van der Waals surface area contributed by atoms with E-state index in [9.17, 15) is 0 Å². The highest BCUT2D eigenvalue weighted by Crippen LogP contribution is 2.37. The highest BCUT2D eigenvalue weighted by molar-refractivity contribution is 6.33. The van der Waals surface area contributed by atoms with Crippen LogP contribution in [0.2, 0.25) is 10.0 Å². The summed E-state index contributed by atoms with van der Waals surface area (Å²) in [6.45, 7) is 0. The minimum atomic E-state index is 0.0820. The fourth-order valence-electron chi connectivity index (χ4n) is 3.60. The summed E-state index contributed by atoms with van der Waals surface area (Å²) in [5.41, 5.74) is 4.18. The molecule has 1 unspecified atom stereocenters. The average Bonchev–Trinajstić information content (AvgIpc) is 2.48. The molecule has 0 radical (unpaired) electrons. The van der Waals surface area contributed by atoms with Gasteiger partial charge in [-0.15, -0.1) is 0 Å². The Labute approximate surface area is 137 Å². The molecule has 0 bridgehead atoms. The van der Waals surface area contributed by atoms with E-state index in [-0.39, 0.29) is 11.6 Å². The Bertz CT molecular complexity index is 471. The standard InChI is InChI=1S/C16H25Cl2N3/c1-21(2)16(8-4-3-5-9-16)15(20-19)11-12-10-13(17)6-7-14(12)18/h6-7,10,15,20H,3-5,8-9,11,19H2,1-2H3. The molecule has 1 aliphatic rings. The zero-order valence-corrected chi connectivity index (χ0v) is 14.3. The molecule has 118 valence electrons. The lowest BCUT2D eigenvalue weighted by molar-refractivity contribution is 0.0569. The first-order chi connectivity index (χ1) is 9.99. The van der Waals surface area contributed by atoms with E-state index in [1.54, 1.807) is 0 Å². The van der Waals surface area contributed by atoms with Crippen LogP contribution in [0.4, 0.5) is 0 Å². The maximum absolute atomic E-state index is 6.32. The molecule has 0 aromatic heterocycles. The van der Waals surface area contributed by atoms with Crippen molar-refractivity contribution in [3.63, 3.8) is 0 Å². The summed E-state index contributed by atoms with van der Waals surface area (Å²) in [6.07, 6.45) is 6.91. The second kappa shape index (κ2) is 7.30. The molecule has 0 heterocycles. The second-order valence-electron chi connectivity index (χ2n) is 6.22. The Morgan fingerprint density at radius 1 is 1.24 bits per heavy atom. The first kappa shape index (κ1) is 17.0. The van der Waals surface area contributed by atoms with Gasteiger partial charge < -0.3 is 4.90 Å². The first-order valence-corrected chi connectivity index (χ1v) is 8.32. The minimum Gasteiger partial charge on any atom is -0.302 e. The Kier molecular flexibility index (Phi) is 5.92. The van der Waals surface area contributed by atoms with E-state index in [1.807, 2.05) is 18.2 Å². The topological polar surface area (TPSA) is 41.3 Å². The normalized spacial score (nSPS) is 19.7. The van der Waals surface area contributed by atoms with Gasteiger partial charge in [-0.3, -0.25) is 11.3 Å². The van der Waals surface area contributed by atoms with Crippen molar-refractivity contribution in [2.24, 2.45) is 5.84 Å². The van der Waals surface area contributed by atoms with Crippen LogP contribution in [0, 0.1) is 0 Å². The number of nitrogens with one attached hydrogen (secondary N) is 1. The fourth-order valence-corrected chi connectivity index (χ4v) is 3.98. The monoisotopic (exact) mass is 329 g/mol. The molecule has 1 aromatic rings. The van der Waals surface area contributed by atoms with Crippen LogP contribution < -0.4 is 11.3 Å². The molecule has 1 aliphatic carbocycles. The lowest BCUT2D eigenvalue weighted by Crippen LogP contribution is -2.62. The van der Waals surface area contributed by atoms with E-state index in [2.05, 4.69) is 24.4 Å². The number of hydrazine groups is 1. The molecule has 21 heavy (non-hydrogen) atoms. The van der Waals surface area contributed by atoms with E-state index >= 15 is 0 Å². The Morgan fingerprint density at radius 2 is 1.90 bits per heavy atom. The molecule has 2 rings (SSSR count). The van der Waals surface area contributed by atoms with Crippen molar-refractivity contribution in [1.82, 2.24) is 10.3 Å². The minimum absolute atomic E-state index is 0.0820. The van der Waals surface area contributed by atoms with Gasteiger partial charge in [-0.1, -0.05) is 42.5 Å². The summed E-state index contributed by atoms with van der Waals surface area (Å²) < 4.78 is 0. The third-order valence-electron chi connectivity index (χ3n) is 4.89. The van der Waals surface area contributed by atoms with Crippen LogP contribution in [0.1, 0.15) is 37.7 Å². The smallest absolute Gasteiger partial charge is 0.0439 e. The zero-order valence-electron chi connectivity index (χ0n) is 12.8. The van der Waals surface area contributed by atoms with Crippen LogP contribution in [0.15, 0.2) is 18.2 Å². The van der Waals surface area contributed by atoms with Crippen LogP contribution in [0.25, 0.3) is 0 Å². The molecule has 0 amide bonds. The van der Waals surface area contributed by atoms with Crippen molar-refractivity contribution in [3.05, 3.63) is 33.8 Å². The molecule has 3 nitrogen and oxygen atoms in total. The number of hydrogen-bond acceptors (Lipinski definition) is 3. The van der Waals surface area contributed by atoms with E-state index in [0.717, 1.165) is 29.8 Å². The first-order valence-electron chi connectivity index (χ1n) is 7.57. The second-order valence-corrected chi connectivity index (χ2v) is 7.06. The van der Waals surface area contributed by atoms with Gasteiger partial charge in [0.25, 0.3) is 0 Å². The number of nitrogens with zero attached hydrogens (tertiary/aromatic N) is 1. The molecule has 0 spiro atoms. The maximum atomic E-state index is 6.32. The van der Waals surface area contributed by atoms with Crippen LogP contribution in [0.3, 0.4) is 0 Å². The molecule has 1 fully saturated rings. The number of benzene rings is 1. The third-order valence-corrected chi connectivity index (χ3v) is 5.50. The molecular weight excluding hydrogens is 305 g/mol. The van der Waals surface area contributed by atoms with Crippen LogP contribution in [0.5, 0.6) is 0 Å². The lowest BCUT2D eigenvalue weighted by Gasteiger charge is -2.48. The van der Waals surface area contributed by atoms with E-state index in [0.29, 0.717) is 5.02 Å². The van der Waals surface area contributed by atoms with Crippen LogP contribution >= 0.6 is 23.2 Å². The van der Waals surface area contributed by atoms with Gasteiger partial charge in [0.1, 0.15) is 0 Å². The Balaban J connectivity index is 2.26. The van der Waals surface area contributed by atoms with Crippen molar-refractivity contribution in [2.75, 3.05) is 14.1 Å². The van der Waals surface area contributed by atoms with Crippen molar-refractivity contribution >= 4 is 23.2 Å². The molecule has 0 saturated heterocycles. The number of rotatable bonds is 5. The van der Waals surface area contributed by atoms with Gasteiger partial charge in [-0.25, -0.2) is 0 Å². The Hall–Kier alpha value is -0.320. The quantitative estimate of drug-likeness (QED) is 0.640. The molecule has 0 aliphatic heterocycles. The largest absolute Gasteiger partial charge is 0.302 e. The molecule has 3 N–H and O–H groups in total. The maximum Gasteiger partial charge on any atom is 0.0439 e. The van der Waals surface area contributed by atoms with Gasteiger partial charge in [0.05, 0.1) is 0 Å². The number of halogens is 2. The van der Waals surface area contributed by atoms with Gasteiger partial charge >= 0.3 is 0 Å². The highest BCUT2D eigenvalue weighted by atomic mass is 35.5. The zero-order chi connectivity index (χ0) is 15.5. The van der Waals surface area contributed by atoms with Gasteiger partial charge in [-0.2, -0.15) is 0 Å². The summed E-state index contributed by atoms with van der Waals surface area (Å²) >= 11 is 12.4. The van der Waals surface area contributed by atoms with Gasteiger partial charge in [-0.05, 0) is 57.1 Å². The summed E-state index contributed by atoms with van der Waals surface area (Å²) in [4.78, 5) is 2.33. The Morgan fingerprint density at radius 3 is 2.48 bits per heavy atom. The summed E-state index contributed by atoms with van der Waals surface area (Å²) in [6, 6.07) is 5.78. The molecule has 5 heteroatoms. The van der Waals surface area contributed by atoms with Gasteiger partial charge in [0, 0.05) is 21.6 Å². The molecule has 1 saturated carbocycles. The van der Waals surface area contributed by atoms with Gasteiger partial charge in [0.2, 0.25) is 0 Å². The van der Waals surface area contributed by atoms with E-state index < -0.39 is 0 Å².